The van der Waals surface area contributed by atoms with Crippen molar-refractivity contribution in [2.75, 3.05) is 26.2 Å². The Labute approximate surface area is 167 Å². The van der Waals surface area contributed by atoms with Gasteiger partial charge in [-0.05, 0) is 69.1 Å². The monoisotopic (exact) mass is 390 g/mol. The molecule has 5 fully saturated rings. The van der Waals surface area contributed by atoms with Crippen LogP contribution in [0.25, 0.3) is 0 Å². The van der Waals surface area contributed by atoms with Gasteiger partial charge >= 0.3 is 6.03 Å². The molecule has 4 bridgehead atoms. The minimum Gasteiger partial charge on any atom is -0.356 e. The molecule has 0 unspecified atom stereocenters. The molecule has 7 nitrogen and oxygen atoms in total. The Morgan fingerprint density at radius 2 is 1.68 bits per heavy atom. The number of carbonyl (C=O) groups excluding carboxylic acids is 3. The Bertz CT molecular complexity index is 585. The standard InChI is InChI=1S/C21H34N4O3/c26-18(22-5-2-8-25-7-1-3-19(25)27)4-6-23-20(28)24-21-12-15-9-16(13-21)11-17(10-15)14-21/h15-17H,1-14H2,(H,22,26)(H2,23,24,28). The minimum atomic E-state index is -0.123. The molecular weight excluding hydrogens is 356 g/mol. The fourth-order valence-corrected chi connectivity index (χ4v) is 6.36. The highest BCUT2D eigenvalue weighted by Gasteiger charge is 2.51. The van der Waals surface area contributed by atoms with Crippen LogP contribution >= 0.6 is 0 Å². The smallest absolute Gasteiger partial charge is 0.315 e. The first-order valence-corrected chi connectivity index (χ1v) is 11.1. The molecule has 28 heavy (non-hydrogen) atoms. The molecule has 0 spiro atoms. The molecule has 0 aromatic heterocycles. The van der Waals surface area contributed by atoms with Crippen LogP contribution in [0.2, 0.25) is 0 Å². The van der Waals surface area contributed by atoms with Crippen molar-refractivity contribution >= 4 is 17.8 Å². The van der Waals surface area contributed by atoms with Crippen LogP contribution in [0.3, 0.4) is 0 Å². The number of nitrogens with zero attached hydrogens (tertiary/aromatic N) is 1. The predicted octanol–water partition coefficient (Wildman–Crippen LogP) is 1.77. The molecule has 0 aromatic rings. The lowest BCUT2D eigenvalue weighted by Crippen LogP contribution is -2.61. The van der Waals surface area contributed by atoms with E-state index < -0.39 is 0 Å². The van der Waals surface area contributed by atoms with Crippen LogP contribution in [-0.4, -0.2) is 54.5 Å². The number of hydrogen-bond donors (Lipinski definition) is 3. The van der Waals surface area contributed by atoms with Crippen molar-refractivity contribution in [1.82, 2.24) is 20.9 Å². The van der Waals surface area contributed by atoms with Gasteiger partial charge < -0.3 is 20.9 Å². The van der Waals surface area contributed by atoms with Gasteiger partial charge in [0, 0.05) is 44.6 Å². The molecular formula is C21H34N4O3. The molecule has 5 rings (SSSR count). The van der Waals surface area contributed by atoms with Crippen molar-refractivity contribution in [2.24, 2.45) is 17.8 Å². The van der Waals surface area contributed by atoms with E-state index in [1.165, 1.54) is 19.3 Å². The van der Waals surface area contributed by atoms with Crippen LogP contribution in [0, 0.1) is 17.8 Å². The van der Waals surface area contributed by atoms with Crippen molar-refractivity contribution < 1.29 is 14.4 Å². The molecule has 3 N–H and O–H groups in total. The summed E-state index contributed by atoms with van der Waals surface area (Å²) in [6, 6.07) is -0.123. The molecule has 4 saturated carbocycles. The molecule has 1 aliphatic heterocycles. The summed E-state index contributed by atoms with van der Waals surface area (Å²) < 4.78 is 0. The van der Waals surface area contributed by atoms with Gasteiger partial charge in [-0.2, -0.15) is 0 Å². The Kier molecular flexibility index (Phi) is 5.78. The number of amides is 4. The highest BCUT2D eigenvalue weighted by atomic mass is 16.2. The molecule has 1 saturated heterocycles. The second kappa shape index (κ2) is 8.29. The van der Waals surface area contributed by atoms with Crippen LogP contribution in [0.15, 0.2) is 0 Å². The van der Waals surface area contributed by atoms with Gasteiger partial charge in [-0.15, -0.1) is 0 Å². The van der Waals surface area contributed by atoms with Gasteiger partial charge in [-0.3, -0.25) is 9.59 Å². The third-order valence-electron chi connectivity index (χ3n) is 7.15. The minimum absolute atomic E-state index is 0.00803. The number of rotatable bonds is 8. The average Bonchev–Trinajstić information content (AvgIpc) is 3.02. The highest BCUT2D eigenvalue weighted by Crippen LogP contribution is 2.55. The third-order valence-corrected chi connectivity index (χ3v) is 7.15. The number of nitrogens with one attached hydrogen (secondary N) is 3. The lowest BCUT2D eigenvalue weighted by Gasteiger charge is -2.56. The van der Waals surface area contributed by atoms with E-state index in [2.05, 4.69) is 16.0 Å². The zero-order chi connectivity index (χ0) is 19.6. The molecule has 5 aliphatic rings. The zero-order valence-electron chi connectivity index (χ0n) is 16.8. The molecule has 0 radical (unpaired) electrons. The first-order chi connectivity index (χ1) is 13.5. The van der Waals surface area contributed by atoms with E-state index in [0.29, 0.717) is 26.1 Å². The topological polar surface area (TPSA) is 90.5 Å². The van der Waals surface area contributed by atoms with E-state index in [-0.39, 0.29) is 29.8 Å². The Balaban J connectivity index is 1.08. The second-order valence-electron chi connectivity index (χ2n) is 9.52. The van der Waals surface area contributed by atoms with Crippen LogP contribution in [-0.2, 0) is 9.59 Å². The van der Waals surface area contributed by atoms with Crippen molar-refractivity contribution in [2.45, 2.75) is 69.7 Å². The van der Waals surface area contributed by atoms with Gasteiger partial charge in [0.25, 0.3) is 0 Å². The summed E-state index contributed by atoms with van der Waals surface area (Å²) in [7, 11) is 0. The summed E-state index contributed by atoms with van der Waals surface area (Å²) >= 11 is 0. The molecule has 156 valence electrons. The summed E-state index contributed by atoms with van der Waals surface area (Å²) in [5.74, 6) is 2.57. The molecule has 0 atom stereocenters. The average molecular weight is 391 g/mol. The zero-order valence-corrected chi connectivity index (χ0v) is 16.8. The molecule has 1 heterocycles. The second-order valence-corrected chi connectivity index (χ2v) is 9.52. The van der Waals surface area contributed by atoms with E-state index in [1.54, 1.807) is 0 Å². The maximum absolute atomic E-state index is 12.4. The van der Waals surface area contributed by atoms with E-state index >= 15 is 0 Å². The largest absolute Gasteiger partial charge is 0.356 e. The van der Waals surface area contributed by atoms with E-state index in [0.717, 1.165) is 56.4 Å². The Morgan fingerprint density at radius 3 is 2.29 bits per heavy atom. The summed E-state index contributed by atoms with van der Waals surface area (Å²) in [5, 5.41) is 9.01. The van der Waals surface area contributed by atoms with Gasteiger partial charge in [-0.25, -0.2) is 4.79 Å². The SMILES string of the molecule is O=C(CCNC(=O)NC12CC3CC(CC(C3)C1)C2)NCCCN1CCCC1=O. The van der Waals surface area contributed by atoms with Gasteiger partial charge in [0.15, 0.2) is 0 Å². The van der Waals surface area contributed by atoms with E-state index in [1.807, 2.05) is 4.90 Å². The summed E-state index contributed by atoms with van der Waals surface area (Å²) in [6.07, 6.45) is 10.1. The van der Waals surface area contributed by atoms with E-state index in [9.17, 15) is 14.4 Å². The van der Waals surface area contributed by atoms with Crippen molar-refractivity contribution in [3.8, 4) is 0 Å². The maximum atomic E-state index is 12.4. The van der Waals surface area contributed by atoms with Gasteiger partial charge in [-0.1, -0.05) is 0 Å². The van der Waals surface area contributed by atoms with Gasteiger partial charge in [0.1, 0.15) is 0 Å². The first-order valence-electron chi connectivity index (χ1n) is 11.1. The maximum Gasteiger partial charge on any atom is 0.315 e. The number of likely N-dealkylation sites (tertiary alicyclic amines) is 1. The van der Waals surface area contributed by atoms with Crippen molar-refractivity contribution in [3.05, 3.63) is 0 Å². The first kappa shape index (κ1) is 19.5. The summed E-state index contributed by atoms with van der Waals surface area (Å²) in [6.45, 7) is 2.48. The summed E-state index contributed by atoms with van der Waals surface area (Å²) in [4.78, 5) is 37.7. The quantitative estimate of drug-likeness (QED) is 0.552. The lowest BCUT2D eigenvalue weighted by molar-refractivity contribution is -0.127. The molecule has 0 aromatic carbocycles. The highest BCUT2D eigenvalue weighted by molar-refractivity contribution is 5.79. The fraction of sp³-hybridized carbons (Fsp3) is 0.857. The molecule has 4 aliphatic carbocycles. The molecule has 7 heteroatoms. The summed E-state index contributed by atoms with van der Waals surface area (Å²) in [5.41, 5.74) is 0.00803. The van der Waals surface area contributed by atoms with Crippen LogP contribution in [0.4, 0.5) is 4.79 Å². The fourth-order valence-electron chi connectivity index (χ4n) is 6.36. The van der Waals surface area contributed by atoms with E-state index in [4.69, 9.17) is 0 Å². The number of carbonyl (C=O) groups is 3. The van der Waals surface area contributed by atoms with Crippen LogP contribution in [0.1, 0.15) is 64.2 Å². The number of urea groups is 1. The molecule has 4 amide bonds. The lowest BCUT2D eigenvalue weighted by atomic mass is 9.53. The van der Waals surface area contributed by atoms with Gasteiger partial charge in [0.05, 0.1) is 0 Å². The third kappa shape index (κ3) is 4.61. The van der Waals surface area contributed by atoms with Crippen LogP contribution in [0.5, 0.6) is 0 Å². The number of hydrogen-bond acceptors (Lipinski definition) is 3. The predicted molar refractivity (Wildman–Crippen MR) is 105 cm³/mol. The normalized spacial score (nSPS) is 33.2. The van der Waals surface area contributed by atoms with Crippen LogP contribution < -0.4 is 16.0 Å². The van der Waals surface area contributed by atoms with Crippen molar-refractivity contribution in [3.63, 3.8) is 0 Å². The van der Waals surface area contributed by atoms with Crippen molar-refractivity contribution in [1.29, 1.82) is 0 Å². The van der Waals surface area contributed by atoms with Gasteiger partial charge in [0.2, 0.25) is 11.8 Å². The Morgan fingerprint density at radius 1 is 1.00 bits per heavy atom. The Hall–Kier alpha value is -1.79.